The smallest absolute Gasteiger partial charge is 0.254 e. The Morgan fingerprint density at radius 1 is 1.42 bits per heavy atom. The van der Waals surface area contributed by atoms with E-state index < -0.39 is 11.9 Å². The zero-order chi connectivity index (χ0) is 17.1. The lowest BCUT2D eigenvalue weighted by atomic mass is 9.85. The second-order valence-corrected chi connectivity index (χ2v) is 5.82. The SMILES string of the molecule is N#CC1CCCCC1n1cc(C(N)=O)c(Nc2ccc(F)nc2)n1. The molecule has 1 aliphatic rings. The summed E-state index contributed by atoms with van der Waals surface area (Å²) in [6, 6.07) is 4.93. The number of rotatable bonds is 4. The lowest BCUT2D eigenvalue weighted by molar-refractivity contribution is 0.100. The quantitative estimate of drug-likeness (QED) is 0.838. The number of hydrogen-bond donors (Lipinski definition) is 2. The third-order valence-corrected chi connectivity index (χ3v) is 4.22. The lowest BCUT2D eigenvalue weighted by Crippen LogP contribution is -2.22. The van der Waals surface area contributed by atoms with E-state index in [0.717, 1.165) is 25.7 Å². The van der Waals surface area contributed by atoms with Crippen LogP contribution in [-0.2, 0) is 0 Å². The van der Waals surface area contributed by atoms with Crippen LogP contribution in [0.3, 0.4) is 0 Å². The van der Waals surface area contributed by atoms with Crippen LogP contribution in [0.1, 0.15) is 42.1 Å². The summed E-state index contributed by atoms with van der Waals surface area (Å²) in [4.78, 5) is 15.3. The van der Waals surface area contributed by atoms with Gasteiger partial charge in [-0.15, -0.1) is 0 Å². The Hall–Kier alpha value is -2.95. The molecule has 2 heterocycles. The van der Waals surface area contributed by atoms with Crippen LogP contribution in [0.25, 0.3) is 0 Å². The number of hydrogen-bond acceptors (Lipinski definition) is 5. The third kappa shape index (κ3) is 3.20. The number of halogens is 1. The predicted octanol–water partition coefficient (Wildman–Crippen LogP) is 2.51. The molecule has 1 amide bonds. The lowest BCUT2D eigenvalue weighted by Gasteiger charge is -2.26. The standard InChI is InChI=1S/C16H17FN6O/c17-14-6-5-11(8-20-14)21-16-12(15(19)24)9-23(22-16)13-4-2-1-3-10(13)7-18/h5-6,8-10,13H,1-4H2,(H2,19,24)(H,21,22). The van der Waals surface area contributed by atoms with Gasteiger partial charge in [-0.1, -0.05) is 12.8 Å². The van der Waals surface area contributed by atoms with Crippen molar-refractivity contribution < 1.29 is 9.18 Å². The van der Waals surface area contributed by atoms with Gasteiger partial charge in [-0.3, -0.25) is 9.48 Å². The molecule has 2 aromatic heterocycles. The van der Waals surface area contributed by atoms with Gasteiger partial charge in [-0.2, -0.15) is 14.8 Å². The number of nitrogens with one attached hydrogen (secondary N) is 1. The van der Waals surface area contributed by atoms with Gasteiger partial charge in [0, 0.05) is 6.20 Å². The second kappa shape index (κ2) is 6.66. The van der Waals surface area contributed by atoms with Crippen molar-refractivity contribution >= 4 is 17.4 Å². The van der Waals surface area contributed by atoms with Crippen molar-refractivity contribution in [3.63, 3.8) is 0 Å². The van der Waals surface area contributed by atoms with E-state index in [2.05, 4.69) is 21.5 Å². The zero-order valence-electron chi connectivity index (χ0n) is 12.9. The summed E-state index contributed by atoms with van der Waals surface area (Å²) in [5.41, 5.74) is 6.14. The summed E-state index contributed by atoms with van der Waals surface area (Å²) in [5, 5.41) is 16.7. The molecule has 0 radical (unpaired) electrons. The highest BCUT2D eigenvalue weighted by molar-refractivity contribution is 5.98. The summed E-state index contributed by atoms with van der Waals surface area (Å²) >= 11 is 0. The molecule has 0 aromatic carbocycles. The number of aromatic nitrogens is 3. The Morgan fingerprint density at radius 2 is 2.21 bits per heavy atom. The summed E-state index contributed by atoms with van der Waals surface area (Å²) in [7, 11) is 0. The molecule has 0 bridgehead atoms. The normalized spacial score (nSPS) is 20.3. The fourth-order valence-corrected chi connectivity index (χ4v) is 3.00. The number of nitrogens with zero attached hydrogens (tertiary/aromatic N) is 4. The molecular formula is C16H17FN6O. The van der Waals surface area contributed by atoms with Crippen molar-refractivity contribution in [3.8, 4) is 6.07 Å². The van der Waals surface area contributed by atoms with Gasteiger partial charge in [0.25, 0.3) is 5.91 Å². The first-order valence-electron chi connectivity index (χ1n) is 7.75. The molecule has 1 aliphatic carbocycles. The fourth-order valence-electron chi connectivity index (χ4n) is 3.00. The van der Waals surface area contributed by atoms with Gasteiger partial charge in [0.15, 0.2) is 5.82 Å². The molecule has 2 atom stereocenters. The molecule has 1 saturated carbocycles. The molecule has 3 rings (SSSR count). The monoisotopic (exact) mass is 328 g/mol. The average molecular weight is 328 g/mol. The van der Waals surface area contributed by atoms with Crippen LogP contribution in [0.15, 0.2) is 24.5 Å². The molecular weight excluding hydrogens is 311 g/mol. The molecule has 3 N–H and O–H groups in total. The number of anilines is 2. The Kier molecular flexibility index (Phi) is 4.42. The molecule has 1 fully saturated rings. The van der Waals surface area contributed by atoms with Gasteiger partial charge >= 0.3 is 0 Å². The number of carbonyl (C=O) groups excluding carboxylic acids is 1. The van der Waals surface area contributed by atoms with E-state index in [-0.39, 0.29) is 23.3 Å². The third-order valence-electron chi connectivity index (χ3n) is 4.22. The summed E-state index contributed by atoms with van der Waals surface area (Å²) < 4.78 is 14.5. The Morgan fingerprint density at radius 3 is 2.88 bits per heavy atom. The van der Waals surface area contributed by atoms with Crippen LogP contribution in [0.4, 0.5) is 15.9 Å². The van der Waals surface area contributed by atoms with Gasteiger partial charge in [-0.05, 0) is 25.0 Å². The molecule has 2 aromatic rings. The topological polar surface area (TPSA) is 110 Å². The van der Waals surface area contributed by atoms with Crippen molar-refractivity contribution in [2.24, 2.45) is 11.7 Å². The van der Waals surface area contributed by atoms with E-state index >= 15 is 0 Å². The maximum atomic E-state index is 12.9. The Bertz CT molecular complexity index is 779. The highest BCUT2D eigenvalue weighted by atomic mass is 19.1. The van der Waals surface area contributed by atoms with Gasteiger partial charge in [-0.25, -0.2) is 4.98 Å². The number of nitriles is 1. The second-order valence-electron chi connectivity index (χ2n) is 5.82. The van der Waals surface area contributed by atoms with Crippen molar-refractivity contribution in [1.82, 2.24) is 14.8 Å². The van der Waals surface area contributed by atoms with Gasteiger partial charge in [0.1, 0.15) is 5.56 Å². The highest BCUT2D eigenvalue weighted by Gasteiger charge is 2.28. The Labute approximate surface area is 138 Å². The van der Waals surface area contributed by atoms with Crippen molar-refractivity contribution in [2.75, 3.05) is 5.32 Å². The number of amides is 1. The maximum Gasteiger partial charge on any atom is 0.254 e. The molecule has 24 heavy (non-hydrogen) atoms. The molecule has 0 saturated heterocycles. The minimum absolute atomic E-state index is 0.0799. The van der Waals surface area contributed by atoms with Crippen molar-refractivity contribution in [2.45, 2.75) is 31.7 Å². The van der Waals surface area contributed by atoms with E-state index in [1.807, 2.05) is 0 Å². The van der Waals surface area contributed by atoms with Crippen LogP contribution in [0.2, 0.25) is 0 Å². The Balaban J connectivity index is 1.91. The first-order valence-corrected chi connectivity index (χ1v) is 7.75. The molecule has 0 aliphatic heterocycles. The highest BCUT2D eigenvalue weighted by Crippen LogP contribution is 2.34. The zero-order valence-corrected chi connectivity index (χ0v) is 12.9. The summed E-state index contributed by atoms with van der Waals surface area (Å²) in [6.45, 7) is 0. The first kappa shape index (κ1) is 15.9. The maximum absolute atomic E-state index is 12.9. The van der Waals surface area contributed by atoms with Gasteiger partial charge in [0.2, 0.25) is 5.95 Å². The summed E-state index contributed by atoms with van der Waals surface area (Å²) in [6.07, 6.45) is 6.55. The van der Waals surface area contributed by atoms with Crippen LogP contribution in [0, 0.1) is 23.2 Å². The molecule has 0 spiro atoms. The number of primary amides is 1. The number of nitrogens with two attached hydrogens (primary N) is 1. The molecule has 8 heteroatoms. The van der Waals surface area contributed by atoms with Crippen LogP contribution >= 0.6 is 0 Å². The molecule has 124 valence electrons. The van der Waals surface area contributed by atoms with Crippen LogP contribution < -0.4 is 11.1 Å². The minimum Gasteiger partial charge on any atom is -0.365 e. The minimum atomic E-state index is -0.622. The van der Waals surface area contributed by atoms with E-state index in [4.69, 9.17) is 5.73 Å². The average Bonchev–Trinajstić information content (AvgIpc) is 3.01. The van der Waals surface area contributed by atoms with Crippen LogP contribution in [0.5, 0.6) is 0 Å². The number of pyridine rings is 1. The van der Waals surface area contributed by atoms with Crippen molar-refractivity contribution in [1.29, 1.82) is 5.26 Å². The summed E-state index contributed by atoms with van der Waals surface area (Å²) in [5.74, 6) is -1.08. The van der Waals surface area contributed by atoms with Crippen molar-refractivity contribution in [3.05, 3.63) is 36.0 Å². The largest absolute Gasteiger partial charge is 0.365 e. The van der Waals surface area contributed by atoms with E-state index in [0.29, 0.717) is 5.69 Å². The van der Waals surface area contributed by atoms with E-state index in [9.17, 15) is 14.4 Å². The molecule has 7 nitrogen and oxygen atoms in total. The number of carbonyl (C=O) groups is 1. The van der Waals surface area contributed by atoms with E-state index in [1.165, 1.54) is 18.3 Å². The molecule has 2 unspecified atom stereocenters. The first-order chi connectivity index (χ1) is 11.6. The van der Waals surface area contributed by atoms with E-state index in [1.54, 1.807) is 10.9 Å². The van der Waals surface area contributed by atoms with Crippen LogP contribution in [-0.4, -0.2) is 20.7 Å². The van der Waals surface area contributed by atoms with Gasteiger partial charge in [0.05, 0.1) is 29.9 Å². The van der Waals surface area contributed by atoms with Gasteiger partial charge < -0.3 is 11.1 Å². The predicted molar refractivity (Wildman–Crippen MR) is 84.8 cm³/mol. The fraction of sp³-hybridized carbons (Fsp3) is 0.375.